The number of rotatable bonds is 4. The Balaban J connectivity index is 1.43. The Morgan fingerprint density at radius 3 is 2.29 bits per heavy atom. The zero-order chi connectivity index (χ0) is 19.5. The summed E-state index contributed by atoms with van der Waals surface area (Å²) in [6.07, 6.45) is 5.53. The lowest BCUT2D eigenvalue weighted by Gasteiger charge is -2.36. The third-order valence-corrected chi connectivity index (χ3v) is 5.24. The molecule has 144 valence electrons. The normalized spacial score (nSPS) is 14.2. The Labute approximate surface area is 165 Å². The number of carbonyl (C=O) groups excluding carboxylic acids is 1. The van der Waals surface area contributed by atoms with Crippen molar-refractivity contribution in [2.45, 2.75) is 0 Å². The zero-order valence-electron chi connectivity index (χ0n) is 16.2. The lowest BCUT2D eigenvalue weighted by molar-refractivity contribution is 0.0737. The predicted molar refractivity (Wildman–Crippen MR) is 110 cm³/mol. The molecular formula is C22H24N4O2. The van der Waals surface area contributed by atoms with Crippen molar-refractivity contribution >= 4 is 11.6 Å². The molecule has 0 N–H and O–H groups in total. The molecule has 0 bridgehead atoms. The Morgan fingerprint density at radius 1 is 0.964 bits per heavy atom. The first-order valence-electron chi connectivity index (χ1n) is 9.41. The summed E-state index contributed by atoms with van der Waals surface area (Å²) in [5.41, 5.74) is 3.97. The highest BCUT2D eigenvalue weighted by atomic mass is 16.5. The standard InChI is InChI=1S/C22H24N4O2/c1-24-16-18(17-7-9-23-10-8-17)15-21(24)22(27)26-13-11-25(12-14-26)19-3-5-20(28-2)6-4-19/h3-10,15-16H,11-14H2,1-2H3. The summed E-state index contributed by atoms with van der Waals surface area (Å²) in [5.74, 6) is 0.934. The van der Waals surface area contributed by atoms with E-state index in [2.05, 4.69) is 22.0 Å². The maximum absolute atomic E-state index is 13.0. The Bertz CT molecular complexity index is 942. The maximum atomic E-state index is 13.0. The SMILES string of the molecule is COc1ccc(N2CCN(C(=O)c3cc(-c4ccncc4)cn3C)CC2)cc1. The number of anilines is 1. The first-order valence-corrected chi connectivity index (χ1v) is 9.41. The largest absolute Gasteiger partial charge is 0.497 e. The van der Waals surface area contributed by atoms with Crippen LogP contribution in [0.1, 0.15) is 10.5 Å². The van der Waals surface area contributed by atoms with Crippen molar-refractivity contribution in [1.82, 2.24) is 14.5 Å². The predicted octanol–water partition coefficient (Wildman–Crippen LogP) is 3.06. The van der Waals surface area contributed by atoms with E-state index in [0.29, 0.717) is 18.8 Å². The van der Waals surface area contributed by atoms with E-state index in [9.17, 15) is 4.79 Å². The van der Waals surface area contributed by atoms with E-state index in [1.165, 1.54) is 0 Å². The highest BCUT2D eigenvalue weighted by Crippen LogP contribution is 2.24. The summed E-state index contributed by atoms with van der Waals surface area (Å²) in [4.78, 5) is 21.3. The van der Waals surface area contributed by atoms with E-state index in [-0.39, 0.29) is 5.91 Å². The number of benzene rings is 1. The van der Waals surface area contributed by atoms with Crippen LogP contribution in [0.15, 0.2) is 61.1 Å². The molecule has 0 atom stereocenters. The minimum Gasteiger partial charge on any atom is -0.497 e. The third kappa shape index (κ3) is 3.58. The molecule has 28 heavy (non-hydrogen) atoms. The summed E-state index contributed by atoms with van der Waals surface area (Å²) in [5, 5.41) is 0. The van der Waals surface area contributed by atoms with E-state index in [4.69, 9.17) is 4.74 Å². The van der Waals surface area contributed by atoms with Crippen molar-refractivity contribution in [3.63, 3.8) is 0 Å². The number of carbonyl (C=O) groups is 1. The second-order valence-corrected chi connectivity index (χ2v) is 6.94. The lowest BCUT2D eigenvalue weighted by Crippen LogP contribution is -2.49. The Hall–Kier alpha value is -3.28. The van der Waals surface area contributed by atoms with Crippen LogP contribution in [0.3, 0.4) is 0 Å². The van der Waals surface area contributed by atoms with Crippen LogP contribution in [-0.4, -0.2) is 53.6 Å². The molecule has 1 aliphatic heterocycles. The van der Waals surface area contributed by atoms with Crippen LogP contribution in [-0.2, 0) is 7.05 Å². The van der Waals surface area contributed by atoms with Gasteiger partial charge in [0.15, 0.2) is 0 Å². The van der Waals surface area contributed by atoms with E-state index in [1.807, 2.05) is 53.0 Å². The van der Waals surface area contributed by atoms with E-state index < -0.39 is 0 Å². The number of amides is 1. The molecule has 0 saturated carbocycles. The van der Waals surface area contributed by atoms with Gasteiger partial charge in [-0.05, 0) is 48.0 Å². The number of nitrogens with zero attached hydrogens (tertiary/aromatic N) is 4. The highest BCUT2D eigenvalue weighted by molar-refractivity contribution is 5.94. The number of ether oxygens (including phenoxy) is 1. The van der Waals surface area contributed by atoms with Gasteiger partial charge in [0, 0.05) is 63.1 Å². The van der Waals surface area contributed by atoms with Crippen molar-refractivity contribution < 1.29 is 9.53 Å². The summed E-state index contributed by atoms with van der Waals surface area (Å²) >= 11 is 0. The first kappa shape index (κ1) is 18.1. The van der Waals surface area contributed by atoms with Crippen LogP contribution in [0, 0.1) is 0 Å². The molecule has 0 spiro atoms. The average Bonchev–Trinajstić information content (AvgIpc) is 3.16. The maximum Gasteiger partial charge on any atom is 0.270 e. The molecule has 3 aromatic rings. The zero-order valence-corrected chi connectivity index (χ0v) is 16.2. The number of pyridine rings is 1. The van der Waals surface area contributed by atoms with Gasteiger partial charge in [0.1, 0.15) is 11.4 Å². The molecule has 4 rings (SSSR count). The quantitative estimate of drug-likeness (QED) is 0.702. The minimum absolute atomic E-state index is 0.0807. The van der Waals surface area contributed by atoms with Gasteiger partial charge in [-0.3, -0.25) is 9.78 Å². The number of aromatic nitrogens is 2. The second kappa shape index (κ2) is 7.76. The molecule has 2 aromatic heterocycles. The van der Waals surface area contributed by atoms with Gasteiger partial charge in [-0.15, -0.1) is 0 Å². The van der Waals surface area contributed by atoms with Gasteiger partial charge in [0.05, 0.1) is 7.11 Å². The van der Waals surface area contributed by atoms with Crippen LogP contribution >= 0.6 is 0 Å². The fourth-order valence-electron chi connectivity index (χ4n) is 3.60. The third-order valence-electron chi connectivity index (χ3n) is 5.24. The number of hydrogen-bond acceptors (Lipinski definition) is 4. The van der Waals surface area contributed by atoms with Gasteiger partial charge in [0.2, 0.25) is 0 Å². The van der Waals surface area contributed by atoms with Gasteiger partial charge in [-0.2, -0.15) is 0 Å². The summed E-state index contributed by atoms with van der Waals surface area (Å²) in [6, 6.07) is 13.9. The molecule has 6 nitrogen and oxygen atoms in total. The van der Waals surface area contributed by atoms with Gasteiger partial charge >= 0.3 is 0 Å². The number of methoxy groups -OCH3 is 1. The van der Waals surface area contributed by atoms with Crippen molar-refractivity contribution in [3.05, 3.63) is 66.7 Å². The molecule has 1 fully saturated rings. The van der Waals surface area contributed by atoms with E-state index in [0.717, 1.165) is 35.7 Å². The second-order valence-electron chi connectivity index (χ2n) is 6.94. The summed E-state index contributed by atoms with van der Waals surface area (Å²) in [6.45, 7) is 3.06. The molecule has 1 saturated heterocycles. The number of piperazine rings is 1. The Morgan fingerprint density at radius 2 is 1.64 bits per heavy atom. The topological polar surface area (TPSA) is 50.6 Å². The van der Waals surface area contributed by atoms with Crippen LogP contribution < -0.4 is 9.64 Å². The monoisotopic (exact) mass is 376 g/mol. The minimum atomic E-state index is 0.0807. The van der Waals surface area contributed by atoms with Gasteiger partial charge < -0.3 is 19.1 Å². The molecule has 0 radical (unpaired) electrons. The van der Waals surface area contributed by atoms with Gasteiger partial charge in [0.25, 0.3) is 5.91 Å². The van der Waals surface area contributed by atoms with Gasteiger partial charge in [-0.1, -0.05) is 0 Å². The lowest BCUT2D eigenvalue weighted by atomic mass is 10.1. The molecule has 1 aromatic carbocycles. The molecular weight excluding hydrogens is 352 g/mol. The molecule has 0 aliphatic carbocycles. The van der Waals surface area contributed by atoms with Gasteiger partial charge in [-0.25, -0.2) is 0 Å². The molecule has 1 amide bonds. The number of aryl methyl sites for hydroxylation is 1. The highest BCUT2D eigenvalue weighted by Gasteiger charge is 2.24. The van der Waals surface area contributed by atoms with E-state index in [1.54, 1.807) is 19.5 Å². The summed E-state index contributed by atoms with van der Waals surface area (Å²) in [7, 11) is 3.59. The fourth-order valence-corrected chi connectivity index (χ4v) is 3.60. The molecule has 6 heteroatoms. The summed E-state index contributed by atoms with van der Waals surface area (Å²) < 4.78 is 7.13. The fraction of sp³-hybridized carbons (Fsp3) is 0.273. The van der Waals surface area contributed by atoms with Crippen LogP contribution in [0.5, 0.6) is 5.75 Å². The van der Waals surface area contributed by atoms with Crippen LogP contribution in [0.25, 0.3) is 11.1 Å². The van der Waals surface area contributed by atoms with Crippen molar-refractivity contribution in [3.8, 4) is 16.9 Å². The van der Waals surface area contributed by atoms with Crippen molar-refractivity contribution in [1.29, 1.82) is 0 Å². The van der Waals surface area contributed by atoms with Crippen molar-refractivity contribution in [2.24, 2.45) is 7.05 Å². The molecule has 0 unspecified atom stereocenters. The van der Waals surface area contributed by atoms with Crippen LogP contribution in [0.2, 0.25) is 0 Å². The van der Waals surface area contributed by atoms with Crippen molar-refractivity contribution in [2.75, 3.05) is 38.2 Å². The number of hydrogen-bond donors (Lipinski definition) is 0. The van der Waals surface area contributed by atoms with Crippen LogP contribution in [0.4, 0.5) is 5.69 Å². The Kier molecular flexibility index (Phi) is 5.02. The van der Waals surface area contributed by atoms with E-state index >= 15 is 0 Å². The first-order chi connectivity index (χ1) is 13.7. The molecule has 1 aliphatic rings. The smallest absolute Gasteiger partial charge is 0.270 e. The molecule has 3 heterocycles. The average molecular weight is 376 g/mol.